The van der Waals surface area contributed by atoms with Gasteiger partial charge in [0.25, 0.3) is 0 Å². The summed E-state index contributed by atoms with van der Waals surface area (Å²) in [6, 6.07) is 0.369. The highest BCUT2D eigenvalue weighted by Crippen LogP contribution is 2.46. The number of aryl methyl sites for hydroxylation is 2. The lowest BCUT2D eigenvalue weighted by atomic mass is 9.74. The quantitative estimate of drug-likeness (QED) is 0.741. The van der Waals surface area contributed by atoms with Crippen molar-refractivity contribution in [1.29, 1.82) is 0 Å². The lowest BCUT2D eigenvalue weighted by Gasteiger charge is -2.42. The van der Waals surface area contributed by atoms with Crippen molar-refractivity contribution in [2.45, 2.75) is 52.0 Å². The number of hydrogen-bond acceptors (Lipinski definition) is 5. The number of piperidine rings is 1. The minimum atomic E-state index is 0.354. The van der Waals surface area contributed by atoms with E-state index in [1.807, 2.05) is 30.3 Å². The van der Waals surface area contributed by atoms with Gasteiger partial charge in [-0.2, -0.15) is 5.10 Å². The predicted octanol–water partition coefficient (Wildman–Crippen LogP) is 2.84. The predicted molar refractivity (Wildman–Crippen MR) is 110 cm³/mol. The first-order valence-electron chi connectivity index (χ1n) is 10.3. The molecule has 148 valence electrons. The first-order chi connectivity index (χ1) is 13.5. The maximum Gasteiger partial charge on any atom is 0.211 e. The van der Waals surface area contributed by atoms with Crippen LogP contribution in [0.4, 0.5) is 5.95 Å². The van der Waals surface area contributed by atoms with Crippen LogP contribution in [0.1, 0.15) is 43.5 Å². The van der Waals surface area contributed by atoms with Gasteiger partial charge >= 0.3 is 0 Å². The molecule has 0 aromatic carbocycles. The molecule has 0 radical (unpaired) electrons. The second-order valence-electron chi connectivity index (χ2n) is 8.61. The van der Waals surface area contributed by atoms with Crippen molar-refractivity contribution in [1.82, 2.24) is 24.1 Å². The van der Waals surface area contributed by atoms with Crippen LogP contribution in [0.3, 0.4) is 0 Å². The fourth-order valence-corrected chi connectivity index (χ4v) is 5.29. The number of fused-ring (bicyclic) bond motifs is 1. The first-order valence-corrected chi connectivity index (χ1v) is 10.3. The largest absolute Gasteiger partial charge is 0.342 e. The number of imidazole rings is 1. The van der Waals surface area contributed by atoms with Gasteiger partial charge in [-0.05, 0) is 44.9 Å². The molecule has 0 amide bonds. The molecule has 28 heavy (non-hydrogen) atoms. The molecule has 2 fully saturated rings. The van der Waals surface area contributed by atoms with E-state index in [0.717, 1.165) is 60.0 Å². The van der Waals surface area contributed by atoms with E-state index in [9.17, 15) is 0 Å². The number of nitrogens with zero attached hydrogens (tertiary/aromatic N) is 6. The van der Waals surface area contributed by atoms with Crippen molar-refractivity contribution in [3.63, 3.8) is 0 Å². The monoisotopic (exact) mass is 379 g/mol. The molecule has 0 unspecified atom stereocenters. The van der Waals surface area contributed by atoms with Crippen molar-refractivity contribution < 1.29 is 0 Å². The summed E-state index contributed by atoms with van der Waals surface area (Å²) in [5, 5.41) is 4.41. The zero-order chi connectivity index (χ0) is 19.5. The van der Waals surface area contributed by atoms with E-state index >= 15 is 0 Å². The standard InChI is InChI=1S/C21H29N7/c1-14-18(16-13-24-26(3)15(16)2)19-23-9-12-28(19)20(25-14)27-10-7-21(8-11-27)6-4-5-17(21)22/h9,12-13,17H,4-8,10-11,22H2,1-3H3/t17-/m1/s1. The van der Waals surface area contributed by atoms with Crippen LogP contribution in [0.15, 0.2) is 18.6 Å². The Morgan fingerprint density at radius 3 is 2.61 bits per heavy atom. The summed E-state index contributed by atoms with van der Waals surface area (Å²) >= 11 is 0. The van der Waals surface area contributed by atoms with Gasteiger partial charge < -0.3 is 10.6 Å². The van der Waals surface area contributed by atoms with E-state index in [2.05, 4.69) is 33.2 Å². The van der Waals surface area contributed by atoms with Gasteiger partial charge in [0.05, 0.1) is 11.9 Å². The van der Waals surface area contributed by atoms with Crippen LogP contribution in [0.2, 0.25) is 0 Å². The smallest absolute Gasteiger partial charge is 0.211 e. The minimum absolute atomic E-state index is 0.354. The van der Waals surface area contributed by atoms with Crippen molar-refractivity contribution in [2.24, 2.45) is 18.2 Å². The van der Waals surface area contributed by atoms with Crippen LogP contribution in [0.5, 0.6) is 0 Å². The molecule has 2 aliphatic rings. The van der Waals surface area contributed by atoms with E-state index in [4.69, 9.17) is 10.7 Å². The third kappa shape index (κ3) is 2.49. The average molecular weight is 380 g/mol. The Bertz CT molecular complexity index is 1020. The van der Waals surface area contributed by atoms with Crippen molar-refractivity contribution in [2.75, 3.05) is 18.0 Å². The van der Waals surface area contributed by atoms with Gasteiger partial charge in [-0.3, -0.25) is 9.08 Å². The second-order valence-corrected chi connectivity index (χ2v) is 8.61. The third-order valence-electron chi connectivity index (χ3n) is 7.23. The lowest BCUT2D eigenvalue weighted by Crippen LogP contribution is -2.47. The maximum atomic E-state index is 6.47. The van der Waals surface area contributed by atoms with Gasteiger partial charge in [0.15, 0.2) is 0 Å². The van der Waals surface area contributed by atoms with Crippen molar-refractivity contribution in [3.05, 3.63) is 30.0 Å². The highest BCUT2D eigenvalue weighted by atomic mass is 15.3. The molecule has 1 atom stereocenters. The number of rotatable bonds is 2. The number of anilines is 1. The molecule has 0 bridgehead atoms. The number of aromatic nitrogens is 5. The van der Waals surface area contributed by atoms with Gasteiger partial charge in [-0.15, -0.1) is 0 Å². The molecule has 2 N–H and O–H groups in total. The topological polar surface area (TPSA) is 77.3 Å². The summed E-state index contributed by atoms with van der Waals surface area (Å²) in [7, 11) is 1.97. The van der Waals surface area contributed by atoms with Crippen LogP contribution < -0.4 is 10.6 Å². The van der Waals surface area contributed by atoms with E-state index in [1.54, 1.807) is 0 Å². The summed E-state index contributed by atoms with van der Waals surface area (Å²) in [6.07, 6.45) is 11.9. The van der Waals surface area contributed by atoms with Crippen molar-refractivity contribution in [3.8, 4) is 11.1 Å². The van der Waals surface area contributed by atoms with Gasteiger partial charge in [0.1, 0.15) is 5.65 Å². The highest BCUT2D eigenvalue weighted by Gasteiger charge is 2.43. The van der Waals surface area contributed by atoms with E-state index in [1.165, 1.54) is 19.3 Å². The number of nitrogens with two attached hydrogens (primary N) is 1. The van der Waals surface area contributed by atoms with E-state index in [-0.39, 0.29) is 0 Å². The third-order valence-corrected chi connectivity index (χ3v) is 7.23. The summed E-state index contributed by atoms with van der Waals surface area (Å²) in [5.41, 5.74) is 12.1. The Balaban J connectivity index is 1.53. The fraction of sp³-hybridized carbons (Fsp3) is 0.571. The molecule has 1 spiro atoms. The molecule has 7 heteroatoms. The van der Waals surface area contributed by atoms with Crippen LogP contribution in [0.25, 0.3) is 16.8 Å². The SMILES string of the molecule is Cc1nc(N2CCC3(CCC[C@H]3N)CC2)n2ccnc2c1-c1cnn(C)c1C. The number of hydrogen-bond donors (Lipinski definition) is 1. The molecule has 5 rings (SSSR count). The highest BCUT2D eigenvalue weighted by molar-refractivity contribution is 5.81. The zero-order valence-electron chi connectivity index (χ0n) is 17.0. The molecule has 1 aliphatic carbocycles. The minimum Gasteiger partial charge on any atom is -0.342 e. The normalized spacial score (nSPS) is 21.9. The molecule has 4 heterocycles. The van der Waals surface area contributed by atoms with E-state index in [0.29, 0.717) is 11.5 Å². The Labute approximate surface area is 165 Å². The molecule has 1 saturated heterocycles. The Kier molecular flexibility index (Phi) is 3.98. The molecular formula is C21H29N7. The molecule has 3 aromatic rings. The zero-order valence-corrected chi connectivity index (χ0v) is 17.0. The molecular weight excluding hydrogens is 350 g/mol. The van der Waals surface area contributed by atoms with Crippen LogP contribution in [0, 0.1) is 19.3 Å². The summed E-state index contributed by atoms with van der Waals surface area (Å²) in [6.45, 7) is 6.19. The van der Waals surface area contributed by atoms with Crippen LogP contribution in [-0.4, -0.2) is 43.3 Å². The van der Waals surface area contributed by atoms with E-state index < -0.39 is 0 Å². The van der Waals surface area contributed by atoms with Gasteiger partial charge in [0, 0.05) is 55.4 Å². The first kappa shape index (κ1) is 17.7. The van der Waals surface area contributed by atoms with Gasteiger partial charge in [-0.25, -0.2) is 9.97 Å². The van der Waals surface area contributed by atoms with Gasteiger partial charge in [0.2, 0.25) is 5.95 Å². The van der Waals surface area contributed by atoms with Crippen LogP contribution in [-0.2, 0) is 7.05 Å². The molecule has 3 aromatic heterocycles. The maximum absolute atomic E-state index is 6.47. The van der Waals surface area contributed by atoms with Crippen molar-refractivity contribution >= 4 is 11.6 Å². The molecule has 1 saturated carbocycles. The molecule has 7 nitrogen and oxygen atoms in total. The average Bonchev–Trinajstić information content (AvgIpc) is 3.38. The Morgan fingerprint density at radius 2 is 1.96 bits per heavy atom. The fourth-order valence-electron chi connectivity index (χ4n) is 5.29. The summed E-state index contributed by atoms with van der Waals surface area (Å²) < 4.78 is 4.04. The molecule has 1 aliphatic heterocycles. The lowest BCUT2D eigenvalue weighted by molar-refractivity contribution is 0.197. The summed E-state index contributed by atoms with van der Waals surface area (Å²) in [4.78, 5) is 12.1. The Morgan fingerprint density at radius 1 is 1.18 bits per heavy atom. The Hall–Kier alpha value is -2.41. The second kappa shape index (κ2) is 6.30. The van der Waals surface area contributed by atoms with Crippen LogP contribution >= 0.6 is 0 Å². The van der Waals surface area contributed by atoms with Gasteiger partial charge in [-0.1, -0.05) is 6.42 Å². The summed E-state index contributed by atoms with van der Waals surface area (Å²) in [5.74, 6) is 0.997.